The van der Waals surface area contributed by atoms with Crippen LogP contribution in [0.3, 0.4) is 0 Å². The van der Waals surface area contributed by atoms with Gasteiger partial charge in [-0.15, -0.1) is 0 Å². The highest BCUT2D eigenvalue weighted by Crippen LogP contribution is 2.32. The first-order valence-electron chi connectivity index (χ1n) is 11.3. The number of benzene rings is 1. The minimum absolute atomic E-state index is 0.426. The van der Waals surface area contributed by atoms with Gasteiger partial charge in [-0.05, 0) is 43.4 Å². The average molecular weight is 441 g/mol. The maximum absolute atomic E-state index is 5.81. The number of hydrogen-bond acceptors (Lipinski definition) is 6. The molecule has 1 aromatic carbocycles. The number of ether oxygens (including phenoxy) is 4. The zero-order chi connectivity index (χ0) is 22.0. The van der Waals surface area contributed by atoms with Gasteiger partial charge in [0.1, 0.15) is 0 Å². The molecule has 0 bridgehead atoms. The molecule has 1 saturated carbocycles. The number of anilines is 1. The monoisotopic (exact) mass is 440 g/mol. The van der Waals surface area contributed by atoms with Crippen molar-refractivity contribution in [3.63, 3.8) is 0 Å². The lowest BCUT2D eigenvalue weighted by atomic mass is 10.2. The van der Waals surface area contributed by atoms with Crippen molar-refractivity contribution in [2.75, 3.05) is 45.4 Å². The smallest absolute Gasteiger partial charge is 0.213 e. The van der Waals surface area contributed by atoms with Crippen molar-refractivity contribution in [1.82, 2.24) is 10.3 Å². The van der Waals surface area contributed by atoms with Crippen LogP contribution in [0.2, 0.25) is 0 Å². The van der Waals surface area contributed by atoms with E-state index in [0.29, 0.717) is 31.6 Å². The van der Waals surface area contributed by atoms with Crippen LogP contribution in [0.4, 0.5) is 5.69 Å². The predicted molar refractivity (Wildman–Crippen MR) is 124 cm³/mol. The zero-order valence-corrected chi connectivity index (χ0v) is 18.6. The predicted octanol–water partition coefficient (Wildman–Crippen LogP) is 3.63. The molecule has 8 heteroatoms. The Morgan fingerprint density at radius 3 is 2.88 bits per heavy atom. The summed E-state index contributed by atoms with van der Waals surface area (Å²) in [7, 11) is 1.61. The molecule has 1 aromatic heterocycles. The summed E-state index contributed by atoms with van der Waals surface area (Å²) in [6, 6.07) is 11.5. The normalized spacial score (nSPS) is 15.7. The number of nitrogens with zero attached hydrogens (tertiary/aromatic N) is 2. The fraction of sp³-hybridized carbons (Fsp3) is 0.500. The van der Waals surface area contributed by atoms with Crippen molar-refractivity contribution >= 4 is 11.6 Å². The van der Waals surface area contributed by atoms with Crippen LogP contribution >= 0.6 is 0 Å². The fourth-order valence-corrected chi connectivity index (χ4v) is 3.25. The van der Waals surface area contributed by atoms with Crippen LogP contribution in [0, 0.1) is 5.92 Å². The maximum Gasteiger partial charge on any atom is 0.213 e. The second kappa shape index (κ2) is 11.6. The molecule has 1 aliphatic heterocycles. The summed E-state index contributed by atoms with van der Waals surface area (Å²) >= 11 is 0. The highest BCUT2D eigenvalue weighted by Gasteiger charge is 2.20. The molecule has 0 unspecified atom stereocenters. The summed E-state index contributed by atoms with van der Waals surface area (Å²) in [5, 5.41) is 6.76. The van der Waals surface area contributed by atoms with E-state index in [9.17, 15) is 0 Å². The molecular weight excluding hydrogens is 408 g/mol. The lowest BCUT2D eigenvalue weighted by molar-refractivity contribution is 0.123. The summed E-state index contributed by atoms with van der Waals surface area (Å²) in [5.74, 6) is 3.56. The summed E-state index contributed by atoms with van der Waals surface area (Å²) in [6.07, 6.45) is 4.41. The Labute approximate surface area is 189 Å². The van der Waals surface area contributed by atoms with Gasteiger partial charge in [0.25, 0.3) is 0 Å². The van der Waals surface area contributed by atoms with Gasteiger partial charge in [0.15, 0.2) is 17.5 Å². The molecule has 4 rings (SSSR count). The molecule has 0 radical (unpaired) electrons. The van der Waals surface area contributed by atoms with Crippen molar-refractivity contribution in [3.05, 3.63) is 42.1 Å². The minimum atomic E-state index is 0.426. The van der Waals surface area contributed by atoms with E-state index < -0.39 is 0 Å². The molecule has 0 spiro atoms. The average Bonchev–Trinajstić information content (AvgIpc) is 3.66. The van der Waals surface area contributed by atoms with E-state index in [-0.39, 0.29) is 0 Å². The van der Waals surface area contributed by atoms with Crippen molar-refractivity contribution in [2.24, 2.45) is 10.9 Å². The van der Waals surface area contributed by atoms with Gasteiger partial charge in [0.2, 0.25) is 5.88 Å². The van der Waals surface area contributed by atoms with Gasteiger partial charge in [0, 0.05) is 44.0 Å². The van der Waals surface area contributed by atoms with E-state index in [4.69, 9.17) is 23.9 Å². The van der Waals surface area contributed by atoms with Gasteiger partial charge in [-0.3, -0.25) is 0 Å². The number of guanidine groups is 1. The summed E-state index contributed by atoms with van der Waals surface area (Å²) in [5.41, 5.74) is 1.71. The standard InChI is InChI=1S/C24H32N4O4/c1-29-23-6-2-5-20(27-23)16-26-24(25-11-3-12-30-17-18-7-8-18)28-19-9-10-21-22(15-19)32-14-4-13-31-21/h2,5-6,9-10,15,18H,3-4,7-8,11-14,16-17H2,1H3,(H2,25,26,28). The topological polar surface area (TPSA) is 86.2 Å². The van der Waals surface area contributed by atoms with E-state index in [1.165, 1.54) is 12.8 Å². The van der Waals surface area contributed by atoms with E-state index in [1.54, 1.807) is 7.11 Å². The molecule has 2 aromatic rings. The Morgan fingerprint density at radius 2 is 2.03 bits per heavy atom. The van der Waals surface area contributed by atoms with Gasteiger partial charge in [0.05, 0.1) is 32.6 Å². The van der Waals surface area contributed by atoms with E-state index in [2.05, 4.69) is 15.6 Å². The quantitative estimate of drug-likeness (QED) is 0.331. The lowest BCUT2D eigenvalue weighted by Gasteiger charge is -2.15. The Hall–Kier alpha value is -3.00. The highest BCUT2D eigenvalue weighted by molar-refractivity contribution is 5.93. The van der Waals surface area contributed by atoms with Crippen molar-refractivity contribution < 1.29 is 18.9 Å². The second-order valence-electron chi connectivity index (χ2n) is 7.97. The van der Waals surface area contributed by atoms with Crippen LogP contribution in [0.1, 0.15) is 31.4 Å². The van der Waals surface area contributed by atoms with Crippen molar-refractivity contribution in [2.45, 2.75) is 32.2 Å². The van der Waals surface area contributed by atoms with E-state index in [0.717, 1.165) is 61.4 Å². The number of pyridine rings is 1. The van der Waals surface area contributed by atoms with E-state index >= 15 is 0 Å². The third kappa shape index (κ3) is 7.02. The number of aliphatic imine (C=N–C) groups is 1. The van der Waals surface area contributed by atoms with Gasteiger partial charge in [-0.1, -0.05) is 6.07 Å². The summed E-state index contributed by atoms with van der Waals surface area (Å²) in [6.45, 7) is 4.14. The molecule has 8 nitrogen and oxygen atoms in total. The Kier molecular flexibility index (Phi) is 8.03. The Balaban J connectivity index is 1.38. The number of aromatic nitrogens is 1. The van der Waals surface area contributed by atoms with Crippen LogP contribution in [-0.4, -0.2) is 51.0 Å². The molecular formula is C24H32N4O4. The van der Waals surface area contributed by atoms with Gasteiger partial charge >= 0.3 is 0 Å². The van der Waals surface area contributed by atoms with E-state index in [1.807, 2.05) is 36.4 Å². The molecule has 1 fully saturated rings. The lowest BCUT2D eigenvalue weighted by Crippen LogP contribution is -2.32. The van der Waals surface area contributed by atoms with Crippen molar-refractivity contribution in [3.8, 4) is 17.4 Å². The summed E-state index contributed by atoms with van der Waals surface area (Å²) in [4.78, 5) is 9.15. The highest BCUT2D eigenvalue weighted by atomic mass is 16.5. The molecule has 32 heavy (non-hydrogen) atoms. The number of hydrogen-bond donors (Lipinski definition) is 2. The molecule has 0 saturated heterocycles. The van der Waals surface area contributed by atoms with Gasteiger partial charge < -0.3 is 29.6 Å². The molecule has 0 atom stereocenters. The van der Waals surface area contributed by atoms with Crippen LogP contribution in [0.5, 0.6) is 17.4 Å². The number of nitrogens with one attached hydrogen (secondary N) is 2. The number of fused-ring (bicyclic) bond motifs is 1. The first-order chi connectivity index (χ1) is 15.8. The second-order valence-corrected chi connectivity index (χ2v) is 7.97. The van der Waals surface area contributed by atoms with Crippen molar-refractivity contribution in [1.29, 1.82) is 0 Å². The van der Waals surface area contributed by atoms with Crippen LogP contribution in [-0.2, 0) is 11.3 Å². The first kappa shape index (κ1) is 22.2. The van der Waals surface area contributed by atoms with Gasteiger partial charge in [-0.25, -0.2) is 9.98 Å². The molecule has 2 aliphatic rings. The SMILES string of the molecule is COc1cccc(CN=C(NCCCOCC2CC2)Nc2ccc3c(c2)OCCCO3)n1. The van der Waals surface area contributed by atoms with Crippen LogP contribution in [0.25, 0.3) is 0 Å². The third-order valence-corrected chi connectivity index (χ3v) is 5.21. The number of methoxy groups -OCH3 is 1. The molecule has 2 N–H and O–H groups in total. The zero-order valence-electron chi connectivity index (χ0n) is 18.6. The molecule has 172 valence electrons. The minimum Gasteiger partial charge on any atom is -0.490 e. The first-order valence-corrected chi connectivity index (χ1v) is 11.3. The molecule has 0 amide bonds. The maximum atomic E-state index is 5.81. The fourth-order valence-electron chi connectivity index (χ4n) is 3.25. The molecule has 2 heterocycles. The van der Waals surface area contributed by atoms with Gasteiger partial charge in [-0.2, -0.15) is 0 Å². The Morgan fingerprint density at radius 1 is 1.16 bits per heavy atom. The van der Waals surface area contributed by atoms with Crippen LogP contribution < -0.4 is 24.8 Å². The summed E-state index contributed by atoms with van der Waals surface area (Å²) < 4.78 is 22.5. The van der Waals surface area contributed by atoms with Crippen LogP contribution in [0.15, 0.2) is 41.4 Å². The Bertz CT molecular complexity index is 901. The number of rotatable bonds is 10. The molecule has 1 aliphatic carbocycles. The third-order valence-electron chi connectivity index (χ3n) is 5.21. The largest absolute Gasteiger partial charge is 0.490 e.